The largest absolute Gasteiger partial charge is 0.323 e. The fourth-order valence-corrected chi connectivity index (χ4v) is 2.37. The van der Waals surface area contributed by atoms with Crippen molar-refractivity contribution in [2.45, 2.75) is 20.3 Å². The molecule has 1 N–H and O–H groups in total. The van der Waals surface area contributed by atoms with Gasteiger partial charge in [0.05, 0.1) is 6.20 Å². The second-order valence-corrected chi connectivity index (χ2v) is 5.22. The Bertz CT molecular complexity index is 700. The SMILES string of the molecule is Cc1cc(C)nc(-n2nccc2NC(=O)N2CC=CCC2)n1. The molecule has 3 rings (SSSR count). The molecule has 0 fully saturated rings. The molecule has 0 saturated heterocycles. The maximum absolute atomic E-state index is 12.3. The zero-order chi connectivity index (χ0) is 15.5. The number of nitrogens with one attached hydrogen (secondary N) is 1. The number of anilines is 1. The van der Waals surface area contributed by atoms with Crippen LogP contribution in [0.4, 0.5) is 10.6 Å². The molecule has 22 heavy (non-hydrogen) atoms. The predicted molar refractivity (Wildman–Crippen MR) is 83.0 cm³/mol. The zero-order valence-corrected chi connectivity index (χ0v) is 12.7. The molecule has 1 aliphatic rings. The maximum Gasteiger partial charge on any atom is 0.323 e. The van der Waals surface area contributed by atoms with Crippen molar-refractivity contribution < 1.29 is 4.79 Å². The van der Waals surface area contributed by atoms with E-state index in [-0.39, 0.29) is 6.03 Å². The van der Waals surface area contributed by atoms with Crippen LogP contribution in [0.1, 0.15) is 17.8 Å². The van der Waals surface area contributed by atoms with Gasteiger partial charge in [0.1, 0.15) is 5.82 Å². The molecular weight excluding hydrogens is 280 g/mol. The quantitative estimate of drug-likeness (QED) is 0.861. The molecule has 0 aliphatic carbocycles. The number of aromatic nitrogens is 4. The second-order valence-electron chi connectivity index (χ2n) is 5.22. The molecular formula is C15H18N6O. The van der Waals surface area contributed by atoms with E-state index in [1.807, 2.05) is 26.0 Å². The normalized spacial score (nSPS) is 14.2. The minimum Gasteiger partial charge on any atom is -0.320 e. The predicted octanol–water partition coefficient (Wildman–Crippen LogP) is 2.07. The highest BCUT2D eigenvalue weighted by atomic mass is 16.2. The summed E-state index contributed by atoms with van der Waals surface area (Å²) in [5.74, 6) is 1.01. The summed E-state index contributed by atoms with van der Waals surface area (Å²) < 4.78 is 1.54. The van der Waals surface area contributed by atoms with Gasteiger partial charge >= 0.3 is 6.03 Å². The highest BCUT2D eigenvalue weighted by molar-refractivity contribution is 5.88. The van der Waals surface area contributed by atoms with Crippen molar-refractivity contribution in [2.24, 2.45) is 0 Å². The molecule has 0 unspecified atom stereocenters. The summed E-state index contributed by atoms with van der Waals surface area (Å²) in [5, 5.41) is 7.08. The van der Waals surface area contributed by atoms with Gasteiger partial charge in [0, 0.05) is 30.5 Å². The Balaban J connectivity index is 1.82. The van der Waals surface area contributed by atoms with Crippen LogP contribution in [-0.4, -0.2) is 43.8 Å². The molecule has 0 saturated carbocycles. The van der Waals surface area contributed by atoms with E-state index in [1.165, 1.54) is 4.68 Å². The standard InChI is InChI=1S/C15H18N6O/c1-11-10-12(2)18-14(17-11)21-13(6-7-16-21)19-15(22)20-8-4-3-5-9-20/h3-4,6-7,10H,5,8-9H2,1-2H3,(H,19,22). The summed E-state index contributed by atoms with van der Waals surface area (Å²) in [5.41, 5.74) is 1.72. The topological polar surface area (TPSA) is 75.9 Å². The number of rotatable bonds is 2. The third kappa shape index (κ3) is 2.98. The Morgan fingerprint density at radius 1 is 1.23 bits per heavy atom. The zero-order valence-electron chi connectivity index (χ0n) is 12.7. The molecule has 1 aliphatic heterocycles. The first-order valence-electron chi connectivity index (χ1n) is 7.21. The summed E-state index contributed by atoms with van der Waals surface area (Å²) in [6.45, 7) is 5.15. The van der Waals surface area contributed by atoms with Crippen LogP contribution in [0.2, 0.25) is 0 Å². The summed E-state index contributed by atoms with van der Waals surface area (Å²) >= 11 is 0. The summed E-state index contributed by atoms with van der Waals surface area (Å²) in [6.07, 6.45) is 6.57. The third-order valence-corrected chi connectivity index (χ3v) is 3.38. The number of carbonyl (C=O) groups is 1. The van der Waals surface area contributed by atoms with Crippen LogP contribution < -0.4 is 5.32 Å². The van der Waals surface area contributed by atoms with Gasteiger partial charge in [-0.25, -0.2) is 14.8 Å². The van der Waals surface area contributed by atoms with Crippen molar-refractivity contribution in [3.63, 3.8) is 0 Å². The van der Waals surface area contributed by atoms with Gasteiger partial charge in [0.15, 0.2) is 0 Å². The molecule has 2 amide bonds. The van der Waals surface area contributed by atoms with Crippen LogP contribution in [0, 0.1) is 13.8 Å². The van der Waals surface area contributed by atoms with Crippen molar-refractivity contribution in [3.8, 4) is 5.95 Å². The van der Waals surface area contributed by atoms with E-state index in [4.69, 9.17) is 0 Å². The third-order valence-electron chi connectivity index (χ3n) is 3.38. The minimum atomic E-state index is -0.143. The molecule has 7 heteroatoms. The van der Waals surface area contributed by atoms with Gasteiger partial charge in [-0.15, -0.1) is 0 Å². The van der Waals surface area contributed by atoms with Crippen LogP contribution in [-0.2, 0) is 0 Å². The molecule has 0 atom stereocenters. The van der Waals surface area contributed by atoms with Crippen molar-refractivity contribution in [3.05, 3.63) is 41.9 Å². The first-order valence-corrected chi connectivity index (χ1v) is 7.21. The van der Waals surface area contributed by atoms with Crippen molar-refractivity contribution in [1.29, 1.82) is 0 Å². The van der Waals surface area contributed by atoms with E-state index in [0.717, 1.165) is 24.4 Å². The molecule has 0 spiro atoms. The first-order chi connectivity index (χ1) is 10.6. The fraction of sp³-hybridized carbons (Fsp3) is 0.333. The van der Waals surface area contributed by atoms with Crippen LogP contribution in [0.25, 0.3) is 5.95 Å². The van der Waals surface area contributed by atoms with Gasteiger partial charge in [-0.3, -0.25) is 5.32 Å². The van der Waals surface area contributed by atoms with E-state index < -0.39 is 0 Å². The fourth-order valence-electron chi connectivity index (χ4n) is 2.37. The van der Waals surface area contributed by atoms with Gasteiger partial charge < -0.3 is 4.90 Å². The molecule has 0 bridgehead atoms. The Morgan fingerprint density at radius 3 is 2.68 bits per heavy atom. The Kier molecular flexibility index (Phi) is 3.86. The lowest BCUT2D eigenvalue weighted by Gasteiger charge is -2.23. The Morgan fingerprint density at radius 2 is 2.00 bits per heavy atom. The van der Waals surface area contributed by atoms with Crippen LogP contribution in [0.3, 0.4) is 0 Å². The Hall–Kier alpha value is -2.70. The Labute approximate surface area is 128 Å². The van der Waals surface area contributed by atoms with E-state index in [2.05, 4.69) is 26.5 Å². The molecule has 0 aromatic carbocycles. The van der Waals surface area contributed by atoms with Gasteiger partial charge in [-0.1, -0.05) is 12.2 Å². The average Bonchev–Trinajstić information content (AvgIpc) is 2.95. The van der Waals surface area contributed by atoms with Gasteiger partial charge in [-0.05, 0) is 26.3 Å². The van der Waals surface area contributed by atoms with E-state index in [9.17, 15) is 4.79 Å². The lowest BCUT2D eigenvalue weighted by molar-refractivity contribution is 0.216. The van der Waals surface area contributed by atoms with E-state index in [1.54, 1.807) is 17.2 Å². The molecule has 7 nitrogen and oxygen atoms in total. The molecule has 2 aromatic rings. The van der Waals surface area contributed by atoms with Crippen LogP contribution >= 0.6 is 0 Å². The molecule has 114 valence electrons. The molecule has 0 radical (unpaired) electrons. The lowest BCUT2D eigenvalue weighted by atomic mass is 10.3. The van der Waals surface area contributed by atoms with Gasteiger partial charge in [0.25, 0.3) is 5.95 Å². The molecule has 3 heterocycles. The number of hydrogen-bond donors (Lipinski definition) is 1. The number of nitrogens with zero attached hydrogens (tertiary/aromatic N) is 5. The summed E-state index contributed by atoms with van der Waals surface area (Å²) in [4.78, 5) is 22.8. The smallest absolute Gasteiger partial charge is 0.320 e. The number of hydrogen-bond acceptors (Lipinski definition) is 4. The number of carbonyl (C=O) groups excluding carboxylic acids is 1. The first kappa shape index (κ1) is 14.2. The maximum atomic E-state index is 12.3. The number of amides is 2. The van der Waals surface area contributed by atoms with Crippen LogP contribution in [0.5, 0.6) is 0 Å². The van der Waals surface area contributed by atoms with Crippen LogP contribution in [0.15, 0.2) is 30.5 Å². The summed E-state index contributed by atoms with van der Waals surface area (Å²) in [7, 11) is 0. The van der Waals surface area contributed by atoms with E-state index >= 15 is 0 Å². The lowest BCUT2D eigenvalue weighted by Crippen LogP contribution is -2.37. The average molecular weight is 298 g/mol. The molecule has 2 aromatic heterocycles. The van der Waals surface area contributed by atoms with Gasteiger partial charge in [-0.2, -0.15) is 9.78 Å². The number of aryl methyl sites for hydroxylation is 2. The highest BCUT2D eigenvalue weighted by Gasteiger charge is 2.17. The van der Waals surface area contributed by atoms with Crippen molar-refractivity contribution in [2.75, 3.05) is 18.4 Å². The monoisotopic (exact) mass is 298 g/mol. The van der Waals surface area contributed by atoms with E-state index in [0.29, 0.717) is 18.3 Å². The minimum absolute atomic E-state index is 0.143. The van der Waals surface area contributed by atoms with Gasteiger partial charge in [0.2, 0.25) is 0 Å². The second kappa shape index (κ2) is 5.97. The number of urea groups is 1. The van der Waals surface area contributed by atoms with Crippen molar-refractivity contribution >= 4 is 11.8 Å². The highest BCUT2D eigenvalue weighted by Crippen LogP contribution is 2.14. The van der Waals surface area contributed by atoms with Crippen molar-refractivity contribution in [1.82, 2.24) is 24.6 Å². The summed E-state index contributed by atoms with van der Waals surface area (Å²) in [6, 6.07) is 3.49.